The van der Waals surface area contributed by atoms with Crippen molar-refractivity contribution >= 4 is 16.8 Å². The normalized spacial score (nSPS) is 17.9. The van der Waals surface area contributed by atoms with Gasteiger partial charge in [0.1, 0.15) is 6.54 Å². The van der Waals surface area contributed by atoms with Gasteiger partial charge in [0.2, 0.25) is 5.91 Å². The molecule has 1 saturated heterocycles. The predicted molar refractivity (Wildman–Crippen MR) is 107 cm³/mol. The molecule has 3 aromatic rings. The lowest BCUT2D eigenvalue weighted by Gasteiger charge is -2.33. The van der Waals surface area contributed by atoms with Crippen molar-refractivity contribution in [1.29, 1.82) is 0 Å². The number of hydrogen-bond donors (Lipinski definition) is 1. The highest BCUT2D eigenvalue weighted by Crippen LogP contribution is 2.14. The van der Waals surface area contributed by atoms with E-state index in [-0.39, 0.29) is 18.5 Å². The lowest BCUT2D eigenvalue weighted by atomic mass is 10.0. The van der Waals surface area contributed by atoms with E-state index < -0.39 is 0 Å². The van der Waals surface area contributed by atoms with Crippen molar-refractivity contribution in [3.63, 3.8) is 0 Å². The molecule has 4 rings (SSSR count). The number of likely N-dealkylation sites (tertiary alicyclic amines) is 1. The fourth-order valence-electron chi connectivity index (χ4n) is 3.87. The van der Waals surface area contributed by atoms with Crippen LogP contribution in [0.5, 0.6) is 0 Å². The second kappa shape index (κ2) is 8.35. The quantitative estimate of drug-likeness (QED) is 0.734. The van der Waals surface area contributed by atoms with E-state index in [1.807, 2.05) is 30.5 Å². The lowest BCUT2D eigenvalue weighted by molar-refractivity contribution is -0.122. The van der Waals surface area contributed by atoms with E-state index in [9.17, 15) is 4.79 Å². The number of hydrogen-bond acceptors (Lipinski definition) is 3. The predicted octanol–water partition coefficient (Wildman–Crippen LogP) is 2.86. The Morgan fingerprint density at radius 3 is 2.81 bits per heavy atom. The Morgan fingerprint density at radius 1 is 1.11 bits per heavy atom. The summed E-state index contributed by atoms with van der Waals surface area (Å²) in [5, 5.41) is 8.63. The Morgan fingerprint density at radius 2 is 1.93 bits per heavy atom. The third-order valence-corrected chi connectivity index (χ3v) is 5.27. The van der Waals surface area contributed by atoms with Gasteiger partial charge in [0.25, 0.3) is 0 Å². The molecule has 5 nitrogen and oxygen atoms in total. The first-order valence-electron chi connectivity index (χ1n) is 9.74. The van der Waals surface area contributed by atoms with Crippen LogP contribution in [0.1, 0.15) is 18.4 Å². The first kappa shape index (κ1) is 17.7. The zero-order valence-electron chi connectivity index (χ0n) is 15.6. The highest BCUT2D eigenvalue weighted by Gasteiger charge is 2.21. The van der Waals surface area contributed by atoms with Crippen molar-refractivity contribution in [3.05, 3.63) is 66.4 Å². The zero-order valence-corrected chi connectivity index (χ0v) is 15.6. The van der Waals surface area contributed by atoms with Crippen molar-refractivity contribution in [2.45, 2.75) is 31.8 Å². The van der Waals surface area contributed by atoms with Crippen LogP contribution in [0.4, 0.5) is 0 Å². The Labute approximate surface area is 160 Å². The minimum Gasteiger partial charge on any atom is -0.350 e. The minimum absolute atomic E-state index is 0.0405. The van der Waals surface area contributed by atoms with Gasteiger partial charge in [-0.05, 0) is 37.4 Å². The van der Waals surface area contributed by atoms with Gasteiger partial charge in [-0.25, -0.2) is 0 Å². The number of para-hydroxylation sites is 1. The summed E-state index contributed by atoms with van der Waals surface area (Å²) in [4.78, 5) is 15.0. The Hall–Kier alpha value is -2.66. The monoisotopic (exact) mass is 362 g/mol. The fourth-order valence-corrected chi connectivity index (χ4v) is 3.87. The molecule has 0 saturated carbocycles. The number of carbonyl (C=O) groups is 1. The molecule has 0 aliphatic carbocycles. The van der Waals surface area contributed by atoms with E-state index in [1.165, 1.54) is 5.56 Å². The summed E-state index contributed by atoms with van der Waals surface area (Å²) >= 11 is 0. The number of amides is 1. The van der Waals surface area contributed by atoms with Gasteiger partial charge in [0.05, 0.1) is 11.7 Å². The molecule has 1 atom stereocenters. The van der Waals surface area contributed by atoms with Crippen molar-refractivity contribution in [3.8, 4) is 0 Å². The van der Waals surface area contributed by atoms with Gasteiger partial charge >= 0.3 is 0 Å². The smallest absolute Gasteiger partial charge is 0.242 e. The maximum absolute atomic E-state index is 12.5. The number of fused-ring (bicyclic) bond motifs is 1. The summed E-state index contributed by atoms with van der Waals surface area (Å²) in [6.45, 7) is 3.36. The van der Waals surface area contributed by atoms with Crippen LogP contribution < -0.4 is 5.32 Å². The number of carbonyl (C=O) groups excluding carboxylic acids is 1. The van der Waals surface area contributed by atoms with Crippen LogP contribution in [-0.4, -0.2) is 46.3 Å². The van der Waals surface area contributed by atoms with Gasteiger partial charge in [-0.2, -0.15) is 5.10 Å². The molecular formula is C22H26N4O. The van der Waals surface area contributed by atoms with Crippen LogP contribution in [0.25, 0.3) is 10.9 Å². The standard InChI is InChI=1S/C22H26N4O/c27-22(17-26-21-11-5-4-9-19(21)15-23-26)24-20-10-6-13-25(16-20)14-12-18-7-2-1-3-8-18/h1-5,7-9,11,15,20H,6,10,12-14,16-17H2,(H,24,27)/t20-/m0/s1. The maximum atomic E-state index is 12.5. The largest absolute Gasteiger partial charge is 0.350 e. The van der Waals surface area contributed by atoms with Gasteiger partial charge < -0.3 is 10.2 Å². The average Bonchev–Trinajstić information content (AvgIpc) is 3.10. The van der Waals surface area contributed by atoms with Crippen molar-refractivity contribution < 1.29 is 4.79 Å². The summed E-state index contributed by atoms with van der Waals surface area (Å²) in [7, 11) is 0. The van der Waals surface area contributed by atoms with E-state index in [2.05, 4.69) is 45.6 Å². The highest BCUT2D eigenvalue weighted by atomic mass is 16.2. The molecule has 27 heavy (non-hydrogen) atoms. The molecule has 2 heterocycles. The van der Waals surface area contributed by atoms with Crippen LogP contribution >= 0.6 is 0 Å². The molecule has 0 spiro atoms. The number of nitrogens with zero attached hydrogens (tertiary/aromatic N) is 3. The number of benzene rings is 2. The Bertz CT molecular complexity index is 889. The van der Waals surface area contributed by atoms with Gasteiger partial charge in [0, 0.05) is 24.5 Å². The summed E-state index contributed by atoms with van der Waals surface area (Å²) < 4.78 is 1.78. The van der Waals surface area contributed by atoms with E-state index in [0.717, 1.165) is 49.8 Å². The van der Waals surface area contributed by atoms with Crippen molar-refractivity contribution in [2.75, 3.05) is 19.6 Å². The topological polar surface area (TPSA) is 50.2 Å². The summed E-state index contributed by atoms with van der Waals surface area (Å²) in [5.74, 6) is 0.0405. The summed E-state index contributed by atoms with van der Waals surface area (Å²) in [5.41, 5.74) is 2.37. The number of nitrogens with one attached hydrogen (secondary N) is 1. The maximum Gasteiger partial charge on any atom is 0.242 e. The van der Waals surface area contributed by atoms with Gasteiger partial charge in [-0.1, -0.05) is 48.5 Å². The SMILES string of the molecule is O=C(Cn1ncc2ccccc21)N[C@H]1CCCN(CCc2ccccc2)C1. The van der Waals surface area contributed by atoms with Crippen molar-refractivity contribution in [1.82, 2.24) is 20.0 Å². The molecule has 1 aliphatic rings. The Balaban J connectivity index is 1.29. The van der Waals surface area contributed by atoms with Gasteiger partial charge in [-0.3, -0.25) is 9.48 Å². The number of piperidine rings is 1. The number of aromatic nitrogens is 2. The van der Waals surface area contributed by atoms with E-state index >= 15 is 0 Å². The van der Waals surface area contributed by atoms with Gasteiger partial charge in [0.15, 0.2) is 0 Å². The highest BCUT2D eigenvalue weighted by molar-refractivity contribution is 5.82. The molecule has 5 heteroatoms. The van der Waals surface area contributed by atoms with Crippen molar-refractivity contribution in [2.24, 2.45) is 0 Å². The van der Waals surface area contributed by atoms with Crippen LogP contribution in [-0.2, 0) is 17.8 Å². The Kier molecular flexibility index (Phi) is 5.49. The lowest BCUT2D eigenvalue weighted by Crippen LogP contribution is -2.48. The average molecular weight is 362 g/mol. The van der Waals surface area contributed by atoms with E-state index in [4.69, 9.17) is 0 Å². The second-order valence-electron chi connectivity index (χ2n) is 7.30. The van der Waals surface area contributed by atoms with Crippen LogP contribution in [0.2, 0.25) is 0 Å². The first-order valence-corrected chi connectivity index (χ1v) is 9.74. The molecule has 0 bridgehead atoms. The van der Waals surface area contributed by atoms with Crippen LogP contribution in [0, 0.1) is 0 Å². The van der Waals surface area contributed by atoms with E-state index in [1.54, 1.807) is 4.68 Å². The molecule has 1 N–H and O–H groups in total. The van der Waals surface area contributed by atoms with E-state index in [0.29, 0.717) is 0 Å². The van der Waals surface area contributed by atoms with Crippen LogP contribution in [0.3, 0.4) is 0 Å². The minimum atomic E-state index is 0.0405. The zero-order chi connectivity index (χ0) is 18.5. The molecule has 0 radical (unpaired) electrons. The molecule has 1 amide bonds. The molecule has 0 unspecified atom stereocenters. The van der Waals surface area contributed by atoms with Gasteiger partial charge in [-0.15, -0.1) is 0 Å². The van der Waals surface area contributed by atoms with Crippen LogP contribution in [0.15, 0.2) is 60.8 Å². The number of rotatable bonds is 6. The fraction of sp³-hybridized carbons (Fsp3) is 0.364. The third-order valence-electron chi connectivity index (χ3n) is 5.27. The molecule has 2 aromatic carbocycles. The molecule has 1 aliphatic heterocycles. The molecule has 140 valence electrons. The third kappa shape index (κ3) is 4.55. The molecular weight excluding hydrogens is 336 g/mol. The summed E-state index contributed by atoms with van der Waals surface area (Å²) in [6, 6.07) is 18.8. The molecule has 1 aromatic heterocycles. The molecule has 1 fully saturated rings. The second-order valence-corrected chi connectivity index (χ2v) is 7.30. The first-order chi connectivity index (χ1) is 13.3. The summed E-state index contributed by atoms with van der Waals surface area (Å²) in [6.07, 6.45) is 5.05.